The Kier molecular flexibility index (Phi) is 6.83. The Hall–Kier alpha value is -1.26. The maximum atomic E-state index is 8.96. The molecular weight excluding hydrogens is 266 g/mol. The third-order valence-electron chi connectivity index (χ3n) is 3.98. The Morgan fingerprint density at radius 1 is 1.24 bits per heavy atom. The van der Waals surface area contributed by atoms with E-state index >= 15 is 0 Å². The van der Waals surface area contributed by atoms with Crippen LogP contribution in [0.25, 0.3) is 0 Å². The summed E-state index contributed by atoms with van der Waals surface area (Å²) in [6.07, 6.45) is 4.49. The zero-order valence-electron chi connectivity index (χ0n) is 13.0. The SMILES string of the molecule is CCOc1ccccc1OCCN1CCCC1CCCO. The molecule has 0 radical (unpaired) electrons. The van der Waals surface area contributed by atoms with Gasteiger partial charge in [0.1, 0.15) is 6.61 Å². The van der Waals surface area contributed by atoms with Gasteiger partial charge in [-0.3, -0.25) is 4.90 Å². The van der Waals surface area contributed by atoms with Crippen LogP contribution in [0, 0.1) is 0 Å². The Morgan fingerprint density at radius 3 is 2.71 bits per heavy atom. The van der Waals surface area contributed by atoms with Crippen LogP contribution in [-0.2, 0) is 0 Å². The molecule has 1 fully saturated rings. The minimum absolute atomic E-state index is 0.294. The summed E-state index contributed by atoms with van der Waals surface area (Å²) in [7, 11) is 0. The van der Waals surface area contributed by atoms with E-state index in [1.54, 1.807) is 0 Å². The molecular formula is C17H27NO3. The Labute approximate surface area is 127 Å². The molecule has 1 unspecified atom stereocenters. The van der Waals surface area contributed by atoms with E-state index in [0.717, 1.165) is 37.4 Å². The van der Waals surface area contributed by atoms with Crippen LogP contribution in [0.5, 0.6) is 11.5 Å². The molecule has 1 aromatic carbocycles. The summed E-state index contributed by atoms with van der Waals surface area (Å²) in [6.45, 7) is 5.69. The molecule has 2 rings (SSSR count). The number of hydrogen-bond acceptors (Lipinski definition) is 4. The van der Waals surface area contributed by atoms with Gasteiger partial charge >= 0.3 is 0 Å². The van der Waals surface area contributed by atoms with Gasteiger partial charge in [0, 0.05) is 19.2 Å². The lowest BCUT2D eigenvalue weighted by molar-refractivity contribution is 0.177. The number of aliphatic hydroxyl groups excluding tert-OH is 1. The topological polar surface area (TPSA) is 41.9 Å². The molecule has 4 heteroatoms. The largest absolute Gasteiger partial charge is 0.490 e. The van der Waals surface area contributed by atoms with Crippen molar-refractivity contribution in [2.45, 2.75) is 38.6 Å². The number of para-hydroxylation sites is 2. The average molecular weight is 293 g/mol. The van der Waals surface area contributed by atoms with Gasteiger partial charge in [0.25, 0.3) is 0 Å². The smallest absolute Gasteiger partial charge is 0.161 e. The highest BCUT2D eigenvalue weighted by molar-refractivity contribution is 5.39. The van der Waals surface area contributed by atoms with Gasteiger partial charge < -0.3 is 14.6 Å². The van der Waals surface area contributed by atoms with Crippen molar-refractivity contribution in [1.82, 2.24) is 4.90 Å². The van der Waals surface area contributed by atoms with Crippen molar-refractivity contribution < 1.29 is 14.6 Å². The monoisotopic (exact) mass is 293 g/mol. The van der Waals surface area contributed by atoms with E-state index in [9.17, 15) is 0 Å². The van der Waals surface area contributed by atoms with Gasteiger partial charge in [-0.05, 0) is 51.3 Å². The second-order valence-corrected chi connectivity index (χ2v) is 5.43. The molecule has 1 aliphatic heterocycles. The van der Waals surface area contributed by atoms with Crippen molar-refractivity contribution in [3.63, 3.8) is 0 Å². The lowest BCUT2D eigenvalue weighted by Crippen LogP contribution is -2.33. The van der Waals surface area contributed by atoms with Gasteiger partial charge in [-0.1, -0.05) is 12.1 Å². The first kappa shape index (κ1) is 16.1. The molecule has 118 valence electrons. The van der Waals surface area contributed by atoms with Crippen molar-refractivity contribution in [3.8, 4) is 11.5 Å². The van der Waals surface area contributed by atoms with Crippen LogP contribution in [-0.4, -0.2) is 49.0 Å². The van der Waals surface area contributed by atoms with Gasteiger partial charge in [-0.15, -0.1) is 0 Å². The minimum Gasteiger partial charge on any atom is -0.490 e. The fourth-order valence-corrected chi connectivity index (χ4v) is 2.96. The molecule has 4 nitrogen and oxygen atoms in total. The van der Waals surface area contributed by atoms with Crippen molar-refractivity contribution in [2.75, 3.05) is 32.9 Å². The normalized spacial score (nSPS) is 18.9. The second-order valence-electron chi connectivity index (χ2n) is 5.43. The zero-order valence-corrected chi connectivity index (χ0v) is 13.0. The fourth-order valence-electron chi connectivity index (χ4n) is 2.96. The molecule has 1 atom stereocenters. The van der Waals surface area contributed by atoms with Crippen LogP contribution in [0.3, 0.4) is 0 Å². The Balaban J connectivity index is 1.78. The van der Waals surface area contributed by atoms with Crippen LogP contribution in [0.15, 0.2) is 24.3 Å². The molecule has 0 bridgehead atoms. The molecule has 0 aromatic heterocycles. The number of aliphatic hydroxyl groups is 1. The summed E-state index contributed by atoms with van der Waals surface area (Å²) in [5.74, 6) is 1.64. The Morgan fingerprint density at radius 2 is 2.00 bits per heavy atom. The number of rotatable bonds is 9. The van der Waals surface area contributed by atoms with Gasteiger partial charge in [-0.25, -0.2) is 0 Å². The first-order valence-corrected chi connectivity index (χ1v) is 8.04. The van der Waals surface area contributed by atoms with Crippen LogP contribution >= 0.6 is 0 Å². The number of ether oxygens (including phenoxy) is 2. The number of benzene rings is 1. The second kappa shape index (κ2) is 8.90. The van der Waals surface area contributed by atoms with E-state index in [0.29, 0.717) is 25.9 Å². The number of hydrogen-bond donors (Lipinski definition) is 1. The van der Waals surface area contributed by atoms with E-state index in [1.165, 1.54) is 12.8 Å². The first-order chi connectivity index (χ1) is 10.3. The maximum Gasteiger partial charge on any atom is 0.161 e. The number of nitrogens with zero attached hydrogens (tertiary/aromatic N) is 1. The molecule has 1 N–H and O–H groups in total. The Bertz CT molecular complexity index is 411. The highest BCUT2D eigenvalue weighted by Crippen LogP contribution is 2.26. The quantitative estimate of drug-likeness (QED) is 0.760. The average Bonchev–Trinajstić information content (AvgIpc) is 2.94. The summed E-state index contributed by atoms with van der Waals surface area (Å²) >= 11 is 0. The highest BCUT2D eigenvalue weighted by atomic mass is 16.5. The third kappa shape index (κ3) is 4.90. The maximum absolute atomic E-state index is 8.96. The third-order valence-corrected chi connectivity index (χ3v) is 3.98. The highest BCUT2D eigenvalue weighted by Gasteiger charge is 2.23. The van der Waals surface area contributed by atoms with Crippen LogP contribution in [0.1, 0.15) is 32.6 Å². The zero-order chi connectivity index (χ0) is 14.9. The van der Waals surface area contributed by atoms with E-state index < -0.39 is 0 Å². The molecule has 1 aromatic rings. The lowest BCUT2D eigenvalue weighted by atomic mass is 10.1. The molecule has 1 heterocycles. The van der Waals surface area contributed by atoms with Crippen molar-refractivity contribution in [3.05, 3.63) is 24.3 Å². The first-order valence-electron chi connectivity index (χ1n) is 8.04. The predicted molar refractivity (Wildman–Crippen MR) is 84.0 cm³/mol. The summed E-state index contributed by atoms with van der Waals surface area (Å²) in [5, 5.41) is 8.96. The fraction of sp³-hybridized carbons (Fsp3) is 0.647. The molecule has 1 saturated heterocycles. The molecule has 0 amide bonds. The summed E-state index contributed by atoms with van der Waals surface area (Å²) < 4.78 is 11.5. The molecule has 0 saturated carbocycles. The van der Waals surface area contributed by atoms with Crippen molar-refractivity contribution >= 4 is 0 Å². The standard InChI is InChI=1S/C17H27NO3/c1-2-20-16-9-3-4-10-17(16)21-14-12-18-11-5-7-15(18)8-6-13-19/h3-4,9-10,15,19H,2,5-8,11-14H2,1H3. The summed E-state index contributed by atoms with van der Waals surface area (Å²) in [5.41, 5.74) is 0. The van der Waals surface area contributed by atoms with Gasteiger partial charge in [0.05, 0.1) is 6.61 Å². The van der Waals surface area contributed by atoms with Crippen molar-refractivity contribution in [2.24, 2.45) is 0 Å². The van der Waals surface area contributed by atoms with Gasteiger partial charge in [0.15, 0.2) is 11.5 Å². The van der Waals surface area contributed by atoms with Gasteiger partial charge in [0.2, 0.25) is 0 Å². The van der Waals surface area contributed by atoms with E-state index in [4.69, 9.17) is 14.6 Å². The minimum atomic E-state index is 0.294. The van der Waals surface area contributed by atoms with Gasteiger partial charge in [-0.2, -0.15) is 0 Å². The van der Waals surface area contributed by atoms with Crippen LogP contribution < -0.4 is 9.47 Å². The molecule has 21 heavy (non-hydrogen) atoms. The molecule has 1 aliphatic rings. The predicted octanol–water partition coefficient (Wildman–Crippen LogP) is 2.70. The van der Waals surface area contributed by atoms with Crippen LogP contribution in [0.2, 0.25) is 0 Å². The molecule has 0 spiro atoms. The summed E-state index contributed by atoms with van der Waals surface area (Å²) in [4.78, 5) is 2.49. The van der Waals surface area contributed by atoms with E-state index in [-0.39, 0.29) is 0 Å². The van der Waals surface area contributed by atoms with E-state index in [2.05, 4.69) is 4.90 Å². The summed E-state index contributed by atoms with van der Waals surface area (Å²) in [6, 6.07) is 8.45. The number of likely N-dealkylation sites (tertiary alicyclic amines) is 1. The molecule has 0 aliphatic carbocycles. The lowest BCUT2D eigenvalue weighted by Gasteiger charge is -2.24. The van der Waals surface area contributed by atoms with E-state index in [1.807, 2.05) is 31.2 Å². The van der Waals surface area contributed by atoms with Crippen molar-refractivity contribution in [1.29, 1.82) is 0 Å². The van der Waals surface area contributed by atoms with Crippen LogP contribution in [0.4, 0.5) is 0 Å².